The van der Waals surface area contributed by atoms with Crippen LogP contribution in [0, 0.1) is 17.8 Å². The van der Waals surface area contributed by atoms with Gasteiger partial charge in [-0.15, -0.1) is 0 Å². The topological polar surface area (TPSA) is 94.8 Å². The third-order valence-corrected chi connectivity index (χ3v) is 6.53. The molecular formula is C23H38O5. The molecule has 1 unspecified atom stereocenters. The van der Waals surface area contributed by atoms with Gasteiger partial charge in [0.25, 0.3) is 0 Å². The number of hydrogen-bond acceptors (Lipinski definition) is 4. The zero-order valence-corrected chi connectivity index (χ0v) is 17.3. The number of hydrogen-bond donors (Lipinski definition) is 3. The molecule has 0 aromatic heterocycles. The molecule has 3 N–H and O–H groups in total. The molecule has 0 aromatic rings. The lowest BCUT2D eigenvalue weighted by atomic mass is 9.85. The number of rotatable bonds is 14. The Labute approximate surface area is 169 Å². The SMILES string of the molecule is CCCCC(O)(CC=C[C@H]1C(=O)C[C@H](O)[C@@H]1CCCCCCC(=O)O)C1CC1. The van der Waals surface area contributed by atoms with Gasteiger partial charge in [0.1, 0.15) is 5.78 Å². The summed E-state index contributed by atoms with van der Waals surface area (Å²) in [6, 6.07) is 0. The molecule has 0 heterocycles. The molecular weight excluding hydrogens is 356 g/mol. The molecule has 5 nitrogen and oxygen atoms in total. The normalized spacial score (nSPS) is 27.4. The summed E-state index contributed by atoms with van der Waals surface area (Å²) in [5.41, 5.74) is -0.633. The van der Waals surface area contributed by atoms with Crippen LogP contribution in [0.2, 0.25) is 0 Å². The van der Waals surface area contributed by atoms with Gasteiger partial charge < -0.3 is 15.3 Å². The summed E-state index contributed by atoms with van der Waals surface area (Å²) >= 11 is 0. The largest absolute Gasteiger partial charge is 0.481 e. The number of carboxylic acids is 1. The van der Waals surface area contributed by atoms with E-state index in [0.29, 0.717) is 18.8 Å². The van der Waals surface area contributed by atoms with Gasteiger partial charge in [-0.2, -0.15) is 0 Å². The Kier molecular flexibility index (Phi) is 9.16. The highest BCUT2D eigenvalue weighted by molar-refractivity contribution is 5.85. The number of carbonyl (C=O) groups excluding carboxylic acids is 1. The Bertz CT molecular complexity index is 539. The van der Waals surface area contributed by atoms with Crippen molar-refractivity contribution in [2.24, 2.45) is 17.8 Å². The number of Topliss-reactive ketones (excluding diaryl/α,β-unsaturated/α-hetero) is 1. The van der Waals surface area contributed by atoms with Crippen molar-refractivity contribution in [3.8, 4) is 0 Å². The van der Waals surface area contributed by atoms with E-state index in [-0.39, 0.29) is 30.5 Å². The highest BCUT2D eigenvalue weighted by Gasteiger charge is 2.43. The fourth-order valence-corrected chi connectivity index (χ4v) is 4.60. The van der Waals surface area contributed by atoms with Crippen molar-refractivity contribution in [3.05, 3.63) is 12.2 Å². The molecule has 0 spiro atoms. The number of aliphatic carboxylic acids is 1. The summed E-state index contributed by atoms with van der Waals surface area (Å²) in [5.74, 6) is -0.554. The minimum atomic E-state index is -0.757. The molecule has 5 heteroatoms. The monoisotopic (exact) mass is 394 g/mol. The molecule has 0 radical (unpaired) electrons. The maximum atomic E-state index is 12.3. The maximum absolute atomic E-state index is 12.3. The number of aliphatic hydroxyl groups is 2. The van der Waals surface area contributed by atoms with Crippen molar-refractivity contribution >= 4 is 11.8 Å². The summed E-state index contributed by atoms with van der Waals surface area (Å²) in [6.07, 6.45) is 13.6. The second-order valence-corrected chi connectivity index (χ2v) is 8.89. The first-order chi connectivity index (χ1) is 13.4. The van der Waals surface area contributed by atoms with Crippen LogP contribution in [0.15, 0.2) is 12.2 Å². The van der Waals surface area contributed by atoms with Gasteiger partial charge in [-0.25, -0.2) is 0 Å². The zero-order valence-electron chi connectivity index (χ0n) is 17.3. The van der Waals surface area contributed by atoms with Crippen molar-refractivity contribution in [3.63, 3.8) is 0 Å². The standard InChI is InChI=1S/C23H38O5/c1-2-3-14-23(28,17-12-13-17)15-8-10-19-18(20(24)16-21(19)25)9-6-4-5-7-11-22(26)27/h8,10,17-20,24,28H,2-7,9,11-16H2,1H3,(H,26,27)/t18-,19-,20+,23?/m1/s1. The van der Waals surface area contributed by atoms with Gasteiger partial charge in [-0.05, 0) is 50.4 Å². The molecule has 4 atom stereocenters. The van der Waals surface area contributed by atoms with Crippen LogP contribution >= 0.6 is 0 Å². The van der Waals surface area contributed by atoms with Crippen LogP contribution in [0.25, 0.3) is 0 Å². The molecule has 0 aromatic carbocycles. The Morgan fingerprint density at radius 2 is 1.89 bits per heavy atom. The van der Waals surface area contributed by atoms with E-state index in [9.17, 15) is 19.8 Å². The van der Waals surface area contributed by atoms with Crippen molar-refractivity contribution in [2.45, 2.75) is 102 Å². The molecule has 2 aliphatic rings. The van der Waals surface area contributed by atoms with Crippen molar-refractivity contribution in [1.82, 2.24) is 0 Å². The van der Waals surface area contributed by atoms with E-state index < -0.39 is 17.7 Å². The van der Waals surface area contributed by atoms with Crippen LogP contribution in [0.5, 0.6) is 0 Å². The number of allylic oxidation sites excluding steroid dienone is 1. The second-order valence-electron chi connectivity index (χ2n) is 8.89. The first kappa shape index (κ1) is 23.1. The number of unbranched alkanes of at least 4 members (excludes halogenated alkanes) is 4. The van der Waals surface area contributed by atoms with Crippen LogP contribution in [0.4, 0.5) is 0 Å². The minimum Gasteiger partial charge on any atom is -0.481 e. The molecule has 160 valence electrons. The van der Waals surface area contributed by atoms with Crippen LogP contribution < -0.4 is 0 Å². The van der Waals surface area contributed by atoms with Gasteiger partial charge in [0, 0.05) is 18.8 Å². The molecule has 28 heavy (non-hydrogen) atoms. The first-order valence-corrected chi connectivity index (χ1v) is 11.2. The van der Waals surface area contributed by atoms with E-state index >= 15 is 0 Å². The minimum absolute atomic E-state index is 0.0483. The number of aliphatic hydroxyl groups excluding tert-OH is 1. The van der Waals surface area contributed by atoms with Gasteiger partial charge in [0.05, 0.1) is 11.7 Å². The van der Waals surface area contributed by atoms with Crippen LogP contribution in [0.3, 0.4) is 0 Å². The maximum Gasteiger partial charge on any atom is 0.303 e. The molecule has 2 rings (SSSR count). The lowest BCUT2D eigenvalue weighted by molar-refractivity contribution is -0.137. The molecule has 2 aliphatic carbocycles. The second kappa shape index (κ2) is 11.1. The van der Waals surface area contributed by atoms with Crippen LogP contribution in [0.1, 0.15) is 90.4 Å². The molecule has 2 saturated carbocycles. The van der Waals surface area contributed by atoms with Crippen molar-refractivity contribution < 1.29 is 24.9 Å². The summed E-state index contributed by atoms with van der Waals surface area (Å²) < 4.78 is 0. The predicted octanol–water partition coefficient (Wildman–Crippen LogP) is 4.26. The van der Waals surface area contributed by atoms with E-state index in [0.717, 1.165) is 57.8 Å². The van der Waals surface area contributed by atoms with E-state index in [4.69, 9.17) is 5.11 Å². The summed E-state index contributed by atoms with van der Waals surface area (Å²) in [7, 11) is 0. The predicted molar refractivity (Wildman–Crippen MR) is 109 cm³/mol. The fourth-order valence-electron chi connectivity index (χ4n) is 4.60. The third kappa shape index (κ3) is 7.00. The average molecular weight is 395 g/mol. The lowest BCUT2D eigenvalue weighted by Gasteiger charge is -2.27. The van der Waals surface area contributed by atoms with Gasteiger partial charge in [-0.1, -0.05) is 51.2 Å². The van der Waals surface area contributed by atoms with E-state index in [1.807, 2.05) is 12.2 Å². The van der Waals surface area contributed by atoms with E-state index in [2.05, 4.69) is 6.92 Å². The van der Waals surface area contributed by atoms with Gasteiger partial charge in [-0.3, -0.25) is 9.59 Å². The number of ketones is 1. The van der Waals surface area contributed by atoms with Crippen molar-refractivity contribution in [1.29, 1.82) is 0 Å². The highest BCUT2D eigenvalue weighted by atomic mass is 16.4. The molecule has 0 bridgehead atoms. The Morgan fingerprint density at radius 3 is 2.54 bits per heavy atom. The van der Waals surface area contributed by atoms with Gasteiger partial charge in [0.15, 0.2) is 0 Å². The molecule has 0 aliphatic heterocycles. The molecule has 0 amide bonds. The summed E-state index contributed by atoms with van der Waals surface area (Å²) in [4.78, 5) is 22.9. The van der Waals surface area contributed by atoms with E-state index in [1.165, 1.54) is 0 Å². The molecule has 2 fully saturated rings. The Morgan fingerprint density at radius 1 is 1.18 bits per heavy atom. The first-order valence-electron chi connectivity index (χ1n) is 11.2. The zero-order chi connectivity index (χ0) is 20.6. The number of carboxylic acid groups (broad SMARTS) is 1. The summed E-state index contributed by atoms with van der Waals surface area (Å²) in [5, 5.41) is 29.9. The Hall–Kier alpha value is -1.20. The third-order valence-electron chi connectivity index (χ3n) is 6.53. The fraction of sp³-hybridized carbons (Fsp3) is 0.826. The number of carbonyl (C=O) groups is 2. The van der Waals surface area contributed by atoms with E-state index in [1.54, 1.807) is 0 Å². The van der Waals surface area contributed by atoms with Crippen molar-refractivity contribution in [2.75, 3.05) is 0 Å². The highest BCUT2D eigenvalue weighted by Crippen LogP contribution is 2.44. The quantitative estimate of drug-likeness (QED) is 0.302. The van der Waals surface area contributed by atoms with Gasteiger partial charge in [0.2, 0.25) is 0 Å². The lowest BCUT2D eigenvalue weighted by Crippen LogP contribution is -2.30. The smallest absolute Gasteiger partial charge is 0.303 e. The molecule has 0 saturated heterocycles. The summed E-state index contributed by atoms with van der Waals surface area (Å²) in [6.45, 7) is 2.13. The van der Waals surface area contributed by atoms with Crippen LogP contribution in [-0.4, -0.2) is 38.8 Å². The van der Waals surface area contributed by atoms with Gasteiger partial charge >= 0.3 is 5.97 Å². The Balaban J connectivity index is 1.82. The van der Waals surface area contributed by atoms with Crippen LogP contribution in [-0.2, 0) is 9.59 Å². The average Bonchev–Trinajstić information content (AvgIpc) is 3.45.